The molecule has 1 fully saturated rings. The van der Waals surface area contributed by atoms with Gasteiger partial charge in [0.05, 0.1) is 6.61 Å². The molecule has 1 rings (SSSR count). The second-order valence-corrected chi connectivity index (χ2v) is 6.37. The average molecular weight is 383 g/mol. The van der Waals surface area contributed by atoms with Gasteiger partial charge < -0.3 is 15.2 Å². The molecule has 1 aliphatic rings. The zero-order valence-electron chi connectivity index (χ0n) is 12.5. The molecular formula is C13H23BrN2O4S. The Kier molecular flexibility index (Phi) is 8.31. The summed E-state index contributed by atoms with van der Waals surface area (Å²) in [5, 5.41) is 7.15. The molecule has 0 spiro atoms. The number of ether oxygens (including phenoxy) is 2. The zero-order chi connectivity index (χ0) is 15.3. The number of cyclic esters (lactones) is 1. The molecular weight excluding hydrogens is 360 g/mol. The molecule has 0 radical (unpaired) electrons. The zero-order valence-corrected chi connectivity index (χ0v) is 15.0. The van der Waals surface area contributed by atoms with Crippen LogP contribution in [0.2, 0.25) is 0 Å². The Labute approximate surface area is 139 Å². The summed E-state index contributed by atoms with van der Waals surface area (Å²) in [4.78, 5) is 24.4. The van der Waals surface area contributed by atoms with Crippen LogP contribution in [0.4, 0.5) is 0 Å². The molecule has 21 heavy (non-hydrogen) atoms. The highest BCUT2D eigenvalue weighted by Gasteiger charge is 2.56. The Balaban J connectivity index is 0.00000400. The van der Waals surface area contributed by atoms with E-state index in [1.54, 1.807) is 6.92 Å². The quantitative estimate of drug-likeness (QED) is 0.315. The van der Waals surface area contributed by atoms with Crippen LogP contribution in [0, 0.1) is 16.7 Å². The molecule has 1 aliphatic heterocycles. The number of esters is 2. The second-order valence-electron chi connectivity index (χ2n) is 5.31. The normalized spacial score (nSPS) is 24.4. The molecule has 2 atom stereocenters. The van der Waals surface area contributed by atoms with E-state index in [0.29, 0.717) is 18.6 Å². The van der Waals surface area contributed by atoms with Crippen molar-refractivity contribution in [1.29, 1.82) is 5.41 Å². The number of thioether (sulfide) groups is 1. The van der Waals surface area contributed by atoms with E-state index in [1.165, 1.54) is 0 Å². The summed E-state index contributed by atoms with van der Waals surface area (Å²) >= 11 is 1.11. The van der Waals surface area contributed by atoms with E-state index in [0.717, 1.165) is 11.8 Å². The maximum atomic E-state index is 12.2. The predicted molar refractivity (Wildman–Crippen MR) is 87.7 cm³/mol. The first-order valence-corrected chi connectivity index (χ1v) is 7.65. The van der Waals surface area contributed by atoms with Crippen LogP contribution in [-0.4, -0.2) is 35.6 Å². The first-order chi connectivity index (χ1) is 9.31. The van der Waals surface area contributed by atoms with E-state index in [2.05, 4.69) is 0 Å². The monoisotopic (exact) mass is 382 g/mol. The highest BCUT2D eigenvalue weighted by atomic mass is 79.9. The number of rotatable bonds is 6. The third kappa shape index (κ3) is 5.18. The molecule has 6 nitrogen and oxygen atoms in total. The van der Waals surface area contributed by atoms with Gasteiger partial charge in [-0.1, -0.05) is 25.6 Å². The van der Waals surface area contributed by atoms with E-state index >= 15 is 0 Å². The third-order valence-corrected chi connectivity index (χ3v) is 3.94. The summed E-state index contributed by atoms with van der Waals surface area (Å²) in [6.07, 6.45) is 0.300. The first-order valence-electron chi connectivity index (χ1n) is 6.67. The van der Waals surface area contributed by atoms with Gasteiger partial charge in [-0.25, -0.2) is 0 Å². The van der Waals surface area contributed by atoms with Crippen molar-refractivity contribution >= 4 is 45.8 Å². The number of amidine groups is 1. The van der Waals surface area contributed by atoms with Gasteiger partial charge in [0.2, 0.25) is 0 Å². The Morgan fingerprint density at radius 2 is 2.24 bits per heavy atom. The van der Waals surface area contributed by atoms with Crippen molar-refractivity contribution in [3.8, 4) is 0 Å². The Morgan fingerprint density at radius 3 is 2.71 bits per heavy atom. The van der Waals surface area contributed by atoms with Crippen LogP contribution in [0.15, 0.2) is 0 Å². The van der Waals surface area contributed by atoms with E-state index in [9.17, 15) is 9.59 Å². The van der Waals surface area contributed by atoms with Crippen LogP contribution in [0.25, 0.3) is 0 Å². The van der Waals surface area contributed by atoms with E-state index in [1.807, 2.05) is 13.8 Å². The molecule has 0 amide bonds. The van der Waals surface area contributed by atoms with Crippen molar-refractivity contribution < 1.29 is 19.1 Å². The number of carbonyl (C=O) groups is 2. The maximum Gasteiger partial charge on any atom is 0.323 e. The number of nitrogens with two attached hydrogens (primary N) is 1. The summed E-state index contributed by atoms with van der Waals surface area (Å²) < 4.78 is 10.3. The van der Waals surface area contributed by atoms with Crippen LogP contribution in [0.3, 0.4) is 0 Å². The van der Waals surface area contributed by atoms with E-state index < -0.39 is 23.5 Å². The summed E-state index contributed by atoms with van der Waals surface area (Å²) in [6, 6.07) is 0. The number of halogens is 1. The van der Waals surface area contributed by atoms with Gasteiger partial charge in [0.25, 0.3) is 0 Å². The fourth-order valence-corrected chi connectivity index (χ4v) is 2.99. The minimum Gasteiger partial charge on any atom is -0.465 e. The number of hydrogen-bond donors (Lipinski definition) is 2. The Morgan fingerprint density at radius 1 is 1.62 bits per heavy atom. The van der Waals surface area contributed by atoms with Crippen molar-refractivity contribution in [2.24, 2.45) is 17.1 Å². The molecule has 1 heterocycles. The molecule has 2 unspecified atom stereocenters. The maximum absolute atomic E-state index is 12.2. The van der Waals surface area contributed by atoms with Gasteiger partial charge in [0.15, 0.2) is 10.6 Å². The molecule has 1 saturated heterocycles. The predicted octanol–water partition coefficient (Wildman–Crippen LogP) is 2.10. The van der Waals surface area contributed by atoms with Crippen molar-refractivity contribution in [3.05, 3.63) is 0 Å². The Hall–Kier alpha value is -0.760. The topological polar surface area (TPSA) is 102 Å². The SMILES string of the molecule is Br.CCOC(=O)C1(CC(C)C)CC(CSC(=N)N)OC1=O. The van der Waals surface area contributed by atoms with Gasteiger partial charge in [-0.05, 0) is 19.3 Å². The molecule has 0 aliphatic carbocycles. The summed E-state index contributed by atoms with van der Waals surface area (Å²) in [5.74, 6) is -0.459. The molecule has 0 bridgehead atoms. The van der Waals surface area contributed by atoms with Gasteiger partial charge >= 0.3 is 11.9 Å². The molecule has 0 aromatic rings. The van der Waals surface area contributed by atoms with Gasteiger partial charge in [-0.2, -0.15) is 0 Å². The molecule has 0 aromatic carbocycles. The van der Waals surface area contributed by atoms with Crippen LogP contribution in [0.5, 0.6) is 0 Å². The third-order valence-electron chi connectivity index (χ3n) is 3.09. The highest BCUT2D eigenvalue weighted by molar-refractivity contribution is 8.93. The average Bonchev–Trinajstić information content (AvgIpc) is 2.64. The number of nitrogens with one attached hydrogen (secondary N) is 1. The molecule has 0 aromatic heterocycles. The largest absolute Gasteiger partial charge is 0.465 e. The number of hydrogen-bond acceptors (Lipinski definition) is 6. The second kappa shape index (κ2) is 8.63. The van der Waals surface area contributed by atoms with Gasteiger partial charge in [-0.3, -0.25) is 15.0 Å². The molecule has 3 N–H and O–H groups in total. The first kappa shape index (κ1) is 20.2. The molecule has 8 heteroatoms. The van der Waals surface area contributed by atoms with Gasteiger partial charge in [0, 0.05) is 12.2 Å². The van der Waals surface area contributed by atoms with E-state index in [4.69, 9.17) is 20.6 Å². The highest BCUT2D eigenvalue weighted by Crippen LogP contribution is 2.41. The fraction of sp³-hybridized carbons (Fsp3) is 0.769. The lowest BCUT2D eigenvalue weighted by molar-refractivity contribution is -0.166. The minimum absolute atomic E-state index is 0. The van der Waals surface area contributed by atoms with E-state index in [-0.39, 0.29) is 34.7 Å². The van der Waals surface area contributed by atoms with Crippen LogP contribution in [-0.2, 0) is 19.1 Å². The van der Waals surface area contributed by atoms with Gasteiger partial charge in [-0.15, -0.1) is 17.0 Å². The van der Waals surface area contributed by atoms with Crippen molar-refractivity contribution in [2.75, 3.05) is 12.4 Å². The summed E-state index contributed by atoms with van der Waals surface area (Å²) in [6.45, 7) is 5.85. The van der Waals surface area contributed by atoms with Crippen LogP contribution < -0.4 is 5.73 Å². The van der Waals surface area contributed by atoms with Gasteiger partial charge in [0.1, 0.15) is 6.10 Å². The lowest BCUT2D eigenvalue weighted by Gasteiger charge is -2.24. The van der Waals surface area contributed by atoms with Crippen molar-refractivity contribution in [3.63, 3.8) is 0 Å². The number of carbonyl (C=O) groups excluding carboxylic acids is 2. The standard InChI is InChI=1S/C13H22N2O4S.BrH/c1-4-18-10(16)13(5-8(2)3)6-9(19-11(13)17)7-20-12(14)15;/h8-9H,4-7H2,1-3H3,(H3,14,15);1H. The Bertz CT molecular complexity index is 406. The molecule has 122 valence electrons. The fourth-order valence-electron chi connectivity index (χ4n) is 2.44. The summed E-state index contributed by atoms with van der Waals surface area (Å²) in [7, 11) is 0. The molecule has 0 saturated carbocycles. The smallest absolute Gasteiger partial charge is 0.323 e. The van der Waals surface area contributed by atoms with Crippen molar-refractivity contribution in [1.82, 2.24) is 0 Å². The lowest BCUT2D eigenvalue weighted by atomic mass is 9.77. The minimum atomic E-state index is -1.20. The lowest BCUT2D eigenvalue weighted by Crippen LogP contribution is -2.38. The van der Waals surface area contributed by atoms with Crippen molar-refractivity contribution in [2.45, 2.75) is 39.7 Å². The van der Waals surface area contributed by atoms with Crippen LogP contribution >= 0.6 is 28.7 Å². The summed E-state index contributed by atoms with van der Waals surface area (Å²) in [5.41, 5.74) is 4.07. The van der Waals surface area contributed by atoms with Crippen LogP contribution in [0.1, 0.15) is 33.6 Å².